The van der Waals surface area contributed by atoms with E-state index in [1.54, 1.807) is 23.1 Å². The first-order valence-electron chi connectivity index (χ1n) is 7.57. The molecule has 1 saturated heterocycles. The van der Waals surface area contributed by atoms with Crippen LogP contribution in [0.5, 0.6) is 0 Å². The summed E-state index contributed by atoms with van der Waals surface area (Å²) in [6.07, 6.45) is 0.179. The van der Waals surface area contributed by atoms with Crippen LogP contribution in [0.15, 0.2) is 42.5 Å². The third kappa shape index (κ3) is 3.55. The lowest BCUT2D eigenvalue weighted by Gasteiger charge is -2.17. The Morgan fingerprint density at radius 1 is 1.12 bits per heavy atom. The number of hydrogen-bond donors (Lipinski definition) is 1. The average molecular weight is 363 g/mol. The minimum Gasteiger partial charge on any atom is -0.326 e. The number of halogens is 2. The molecule has 1 N–H and O–H groups in total. The number of rotatable bonds is 3. The summed E-state index contributed by atoms with van der Waals surface area (Å²) < 4.78 is 0. The molecular weight excluding hydrogens is 347 g/mol. The second-order valence-corrected chi connectivity index (χ2v) is 6.67. The van der Waals surface area contributed by atoms with E-state index in [0.717, 1.165) is 11.3 Å². The Hall–Kier alpha value is -2.04. The maximum Gasteiger partial charge on any atom is 0.229 e. The molecule has 124 valence electrons. The molecule has 0 aliphatic carbocycles. The number of aryl methyl sites for hydroxylation is 1. The van der Waals surface area contributed by atoms with Gasteiger partial charge in [-0.15, -0.1) is 0 Å². The van der Waals surface area contributed by atoms with Crippen molar-refractivity contribution in [2.24, 2.45) is 5.92 Å². The van der Waals surface area contributed by atoms with Crippen molar-refractivity contribution in [1.82, 2.24) is 0 Å². The van der Waals surface area contributed by atoms with E-state index in [2.05, 4.69) is 5.32 Å². The first-order valence-corrected chi connectivity index (χ1v) is 8.32. The van der Waals surface area contributed by atoms with Crippen molar-refractivity contribution in [3.05, 3.63) is 58.1 Å². The van der Waals surface area contributed by atoms with Gasteiger partial charge in [-0.05, 0) is 37.3 Å². The van der Waals surface area contributed by atoms with Crippen LogP contribution in [0, 0.1) is 12.8 Å². The van der Waals surface area contributed by atoms with Gasteiger partial charge in [0.05, 0.1) is 16.0 Å². The molecule has 1 aliphatic rings. The van der Waals surface area contributed by atoms with E-state index in [4.69, 9.17) is 23.2 Å². The molecule has 2 amide bonds. The van der Waals surface area contributed by atoms with Crippen molar-refractivity contribution < 1.29 is 9.59 Å². The molecule has 0 saturated carbocycles. The summed E-state index contributed by atoms with van der Waals surface area (Å²) in [6.45, 7) is 2.31. The topological polar surface area (TPSA) is 49.4 Å². The zero-order valence-corrected chi connectivity index (χ0v) is 14.6. The summed E-state index contributed by atoms with van der Waals surface area (Å²) in [4.78, 5) is 26.2. The van der Waals surface area contributed by atoms with Gasteiger partial charge >= 0.3 is 0 Å². The minimum absolute atomic E-state index is 0.0996. The van der Waals surface area contributed by atoms with Gasteiger partial charge in [0.1, 0.15) is 0 Å². The number of anilines is 2. The summed E-state index contributed by atoms with van der Waals surface area (Å²) >= 11 is 11.9. The standard InChI is InChI=1S/C18H16Cl2N2O2/c1-11-2-4-13(5-3-11)21-18(24)12-8-17(23)22(10-12)14-6-7-15(19)16(20)9-14/h2-7,9,12H,8,10H2,1H3,(H,21,24)/t12-/m0/s1. The maximum absolute atomic E-state index is 12.4. The third-order valence-electron chi connectivity index (χ3n) is 4.03. The highest BCUT2D eigenvalue weighted by molar-refractivity contribution is 6.42. The largest absolute Gasteiger partial charge is 0.326 e. The summed E-state index contributed by atoms with van der Waals surface area (Å²) in [5.74, 6) is -0.652. The lowest BCUT2D eigenvalue weighted by molar-refractivity contribution is -0.122. The molecule has 0 spiro atoms. The number of benzene rings is 2. The van der Waals surface area contributed by atoms with Crippen LogP contribution in [-0.4, -0.2) is 18.4 Å². The summed E-state index contributed by atoms with van der Waals surface area (Å²) in [5.41, 5.74) is 2.50. The Morgan fingerprint density at radius 3 is 2.50 bits per heavy atom. The summed E-state index contributed by atoms with van der Waals surface area (Å²) in [5, 5.41) is 3.67. The monoisotopic (exact) mass is 362 g/mol. The molecular formula is C18H16Cl2N2O2. The van der Waals surface area contributed by atoms with Gasteiger partial charge in [0.15, 0.2) is 0 Å². The molecule has 0 radical (unpaired) electrons. The molecule has 1 aliphatic heterocycles. The second kappa shape index (κ2) is 6.83. The molecule has 0 aromatic heterocycles. The molecule has 0 bridgehead atoms. The highest BCUT2D eigenvalue weighted by Gasteiger charge is 2.35. The van der Waals surface area contributed by atoms with Crippen LogP contribution < -0.4 is 10.2 Å². The number of carbonyl (C=O) groups is 2. The predicted molar refractivity (Wildman–Crippen MR) is 96.7 cm³/mol. The van der Waals surface area contributed by atoms with Crippen molar-refractivity contribution in [3.63, 3.8) is 0 Å². The quantitative estimate of drug-likeness (QED) is 0.884. The van der Waals surface area contributed by atoms with Gasteiger partial charge in [0, 0.05) is 24.3 Å². The highest BCUT2D eigenvalue weighted by atomic mass is 35.5. The van der Waals surface area contributed by atoms with Crippen molar-refractivity contribution in [2.75, 3.05) is 16.8 Å². The van der Waals surface area contributed by atoms with E-state index >= 15 is 0 Å². The molecule has 24 heavy (non-hydrogen) atoms. The molecule has 1 atom stereocenters. The molecule has 6 heteroatoms. The number of carbonyl (C=O) groups excluding carboxylic acids is 2. The molecule has 3 rings (SSSR count). The van der Waals surface area contributed by atoms with Gasteiger partial charge in [0.2, 0.25) is 11.8 Å². The minimum atomic E-state index is -0.395. The fourth-order valence-electron chi connectivity index (χ4n) is 2.67. The lowest BCUT2D eigenvalue weighted by atomic mass is 10.1. The number of nitrogens with zero attached hydrogens (tertiary/aromatic N) is 1. The normalized spacial score (nSPS) is 17.2. The number of hydrogen-bond acceptors (Lipinski definition) is 2. The van der Waals surface area contributed by atoms with E-state index in [0.29, 0.717) is 22.3 Å². The maximum atomic E-state index is 12.4. The fourth-order valence-corrected chi connectivity index (χ4v) is 2.96. The van der Waals surface area contributed by atoms with Gasteiger partial charge in [0.25, 0.3) is 0 Å². The average Bonchev–Trinajstić information content (AvgIpc) is 2.94. The molecule has 4 nitrogen and oxygen atoms in total. The van der Waals surface area contributed by atoms with Crippen molar-refractivity contribution in [3.8, 4) is 0 Å². The number of nitrogens with one attached hydrogen (secondary N) is 1. The van der Waals surface area contributed by atoms with Crippen molar-refractivity contribution >= 4 is 46.4 Å². The zero-order chi connectivity index (χ0) is 17.3. The molecule has 1 fully saturated rings. The summed E-state index contributed by atoms with van der Waals surface area (Å²) in [6, 6.07) is 12.6. The molecule has 2 aromatic rings. The summed E-state index contributed by atoms with van der Waals surface area (Å²) in [7, 11) is 0. The van der Waals surface area contributed by atoms with Crippen LogP contribution in [0.4, 0.5) is 11.4 Å². The van der Waals surface area contributed by atoms with E-state index in [1.165, 1.54) is 0 Å². The van der Waals surface area contributed by atoms with Crippen LogP contribution >= 0.6 is 23.2 Å². The molecule has 1 heterocycles. The van der Waals surface area contributed by atoms with Gasteiger partial charge in [-0.3, -0.25) is 9.59 Å². The third-order valence-corrected chi connectivity index (χ3v) is 4.77. The zero-order valence-electron chi connectivity index (χ0n) is 13.1. The lowest BCUT2D eigenvalue weighted by Crippen LogP contribution is -2.28. The first kappa shape index (κ1) is 16.8. The van der Waals surface area contributed by atoms with Gasteiger partial charge in [-0.1, -0.05) is 40.9 Å². The SMILES string of the molecule is Cc1ccc(NC(=O)[C@H]2CC(=O)N(c3ccc(Cl)c(Cl)c3)C2)cc1. The van der Waals surface area contributed by atoms with Crippen LogP contribution in [0.2, 0.25) is 10.0 Å². The van der Waals surface area contributed by atoms with Gasteiger partial charge in [-0.25, -0.2) is 0 Å². The Labute approximate surface area is 150 Å². The van der Waals surface area contributed by atoms with Crippen molar-refractivity contribution in [2.45, 2.75) is 13.3 Å². The second-order valence-electron chi connectivity index (χ2n) is 5.86. The van der Waals surface area contributed by atoms with E-state index in [9.17, 15) is 9.59 Å². The van der Waals surface area contributed by atoms with Crippen LogP contribution in [0.3, 0.4) is 0 Å². The number of amides is 2. The predicted octanol–water partition coefficient (Wildman–Crippen LogP) is 4.29. The van der Waals surface area contributed by atoms with E-state index in [1.807, 2.05) is 31.2 Å². The Balaban J connectivity index is 1.70. The Bertz CT molecular complexity index is 790. The van der Waals surface area contributed by atoms with E-state index in [-0.39, 0.29) is 18.2 Å². The highest BCUT2D eigenvalue weighted by Crippen LogP contribution is 2.31. The van der Waals surface area contributed by atoms with E-state index < -0.39 is 5.92 Å². The smallest absolute Gasteiger partial charge is 0.229 e. The van der Waals surface area contributed by atoms with Crippen molar-refractivity contribution in [1.29, 1.82) is 0 Å². The Morgan fingerprint density at radius 2 is 1.83 bits per heavy atom. The first-order chi connectivity index (χ1) is 11.4. The van der Waals surface area contributed by atoms with Gasteiger partial charge in [-0.2, -0.15) is 0 Å². The molecule has 2 aromatic carbocycles. The molecule has 0 unspecified atom stereocenters. The van der Waals surface area contributed by atoms with Crippen LogP contribution in [-0.2, 0) is 9.59 Å². The van der Waals surface area contributed by atoms with Crippen LogP contribution in [0.25, 0.3) is 0 Å². The van der Waals surface area contributed by atoms with Crippen LogP contribution in [0.1, 0.15) is 12.0 Å². The van der Waals surface area contributed by atoms with Gasteiger partial charge < -0.3 is 10.2 Å². The fraction of sp³-hybridized carbons (Fsp3) is 0.222. The Kier molecular flexibility index (Phi) is 4.78.